The van der Waals surface area contributed by atoms with Crippen molar-refractivity contribution in [3.05, 3.63) is 29.8 Å². The highest BCUT2D eigenvalue weighted by molar-refractivity contribution is 6.20. The van der Waals surface area contributed by atoms with E-state index in [0.29, 0.717) is 23.8 Å². The van der Waals surface area contributed by atoms with Crippen LogP contribution in [0.4, 0.5) is 0 Å². The number of halogens is 1. The summed E-state index contributed by atoms with van der Waals surface area (Å²) in [6.45, 7) is 0.708. The number of ether oxygens (including phenoxy) is 1. The molecule has 0 spiro atoms. The number of rotatable bonds is 4. The van der Waals surface area contributed by atoms with Crippen molar-refractivity contribution in [3.8, 4) is 5.75 Å². The number of hydrogen-bond acceptors (Lipinski definition) is 2. The van der Waals surface area contributed by atoms with Gasteiger partial charge in [-0.1, -0.05) is 6.07 Å². The van der Waals surface area contributed by atoms with Gasteiger partial charge in [0.1, 0.15) is 5.75 Å². The molecule has 1 aromatic rings. The normalized spacial score (nSPS) is 22.8. The molecule has 2 unspecified atom stereocenters. The first kappa shape index (κ1) is 13.2. The Bertz CT molecular complexity index is 422. The number of alkyl halides is 1. The third kappa shape index (κ3) is 3.39. The molecule has 0 saturated heterocycles. The zero-order valence-electron chi connectivity index (χ0n) is 10.5. The van der Waals surface area contributed by atoms with Gasteiger partial charge in [0.2, 0.25) is 0 Å². The van der Waals surface area contributed by atoms with Crippen LogP contribution in [0.25, 0.3) is 0 Å². The van der Waals surface area contributed by atoms with Crippen LogP contribution in [0.1, 0.15) is 29.6 Å². The largest absolute Gasteiger partial charge is 0.497 e. The molecule has 0 aromatic heterocycles. The molecule has 4 heteroatoms. The van der Waals surface area contributed by atoms with Crippen molar-refractivity contribution in [1.29, 1.82) is 0 Å². The van der Waals surface area contributed by atoms with E-state index in [9.17, 15) is 4.79 Å². The molecule has 0 bridgehead atoms. The van der Waals surface area contributed by atoms with Crippen LogP contribution in [0, 0.1) is 5.92 Å². The lowest BCUT2D eigenvalue weighted by molar-refractivity contribution is 0.0947. The summed E-state index contributed by atoms with van der Waals surface area (Å²) >= 11 is 6.05. The van der Waals surface area contributed by atoms with Crippen LogP contribution in [-0.2, 0) is 0 Å². The second kappa shape index (κ2) is 6.10. The number of carbonyl (C=O) groups excluding carboxylic acids is 1. The van der Waals surface area contributed by atoms with Crippen LogP contribution in [0.5, 0.6) is 5.75 Å². The molecule has 0 radical (unpaired) electrons. The summed E-state index contributed by atoms with van der Waals surface area (Å²) < 4.78 is 5.10. The third-order valence-electron chi connectivity index (χ3n) is 3.36. The lowest BCUT2D eigenvalue weighted by Crippen LogP contribution is -2.28. The second-order valence-electron chi connectivity index (χ2n) is 4.72. The summed E-state index contributed by atoms with van der Waals surface area (Å²) in [4.78, 5) is 12.0. The first-order chi connectivity index (χ1) is 8.69. The molecule has 1 amide bonds. The molecular weight excluding hydrogens is 250 g/mol. The van der Waals surface area contributed by atoms with E-state index in [4.69, 9.17) is 16.3 Å². The molecule has 98 valence electrons. The van der Waals surface area contributed by atoms with Gasteiger partial charge in [0, 0.05) is 17.5 Å². The van der Waals surface area contributed by atoms with Crippen molar-refractivity contribution in [2.75, 3.05) is 13.7 Å². The van der Waals surface area contributed by atoms with Crippen molar-refractivity contribution in [1.82, 2.24) is 5.32 Å². The van der Waals surface area contributed by atoms with E-state index in [1.54, 1.807) is 19.2 Å². The van der Waals surface area contributed by atoms with Gasteiger partial charge in [0.15, 0.2) is 0 Å². The number of hydrogen-bond donors (Lipinski definition) is 1. The van der Waals surface area contributed by atoms with Crippen LogP contribution in [0.15, 0.2) is 24.3 Å². The Kier molecular flexibility index (Phi) is 4.48. The summed E-state index contributed by atoms with van der Waals surface area (Å²) in [7, 11) is 1.59. The standard InChI is InChI=1S/C14H18ClNO2/c1-18-13-4-2-3-11(8-13)14(17)16-9-10-5-6-12(15)7-10/h2-4,8,10,12H,5-7,9H2,1H3,(H,16,17). The summed E-state index contributed by atoms with van der Waals surface area (Å²) in [6, 6.07) is 7.18. The Morgan fingerprint density at radius 3 is 3.00 bits per heavy atom. The van der Waals surface area contributed by atoms with Crippen LogP contribution in [0.2, 0.25) is 0 Å². The van der Waals surface area contributed by atoms with Gasteiger partial charge in [-0.2, -0.15) is 0 Å². The van der Waals surface area contributed by atoms with Crippen molar-refractivity contribution < 1.29 is 9.53 Å². The lowest BCUT2D eigenvalue weighted by Gasteiger charge is -2.11. The van der Waals surface area contributed by atoms with E-state index < -0.39 is 0 Å². The number of benzene rings is 1. The molecule has 1 saturated carbocycles. The molecule has 0 aliphatic heterocycles. The molecule has 1 aliphatic rings. The summed E-state index contributed by atoms with van der Waals surface area (Å²) in [5.74, 6) is 1.17. The van der Waals surface area contributed by atoms with Crippen molar-refractivity contribution in [3.63, 3.8) is 0 Å². The van der Waals surface area contributed by atoms with Crippen molar-refractivity contribution in [2.24, 2.45) is 5.92 Å². The van der Waals surface area contributed by atoms with E-state index in [0.717, 1.165) is 19.3 Å². The Labute approximate surface area is 112 Å². The minimum Gasteiger partial charge on any atom is -0.497 e. The van der Waals surface area contributed by atoms with Gasteiger partial charge in [0.05, 0.1) is 7.11 Å². The topological polar surface area (TPSA) is 38.3 Å². The Morgan fingerprint density at radius 2 is 2.33 bits per heavy atom. The van der Waals surface area contributed by atoms with Gasteiger partial charge in [-0.25, -0.2) is 0 Å². The predicted octanol–water partition coefficient (Wildman–Crippen LogP) is 2.83. The highest BCUT2D eigenvalue weighted by Gasteiger charge is 2.23. The Morgan fingerprint density at radius 1 is 1.50 bits per heavy atom. The first-order valence-electron chi connectivity index (χ1n) is 6.25. The molecule has 2 rings (SSSR count). The maximum absolute atomic E-state index is 12.0. The van der Waals surface area contributed by atoms with Gasteiger partial charge in [0.25, 0.3) is 5.91 Å². The Hall–Kier alpha value is -1.22. The molecule has 2 atom stereocenters. The maximum Gasteiger partial charge on any atom is 0.251 e. The molecule has 0 heterocycles. The average Bonchev–Trinajstić information content (AvgIpc) is 2.82. The van der Waals surface area contributed by atoms with E-state index in [2.05, 4.69) is 5.32 Å². The lowest BCUT2D eigenvalue weighted by atomic mass is 10.1. The first-order valence-corrected chi connectivity index (χ1v) is 6.69. The average molecular weight is 268 g/mol. The predicted molar refractivity (Wildman–Crippen MR) is 72.3 cm³/mol. The zero-order chi connectivity index (χ0) is 13.0. The molecule has 18 heavy (non-hydrogen) atoms. The van der Waals surface area contributed by atoms with E-state index in [1.807, 2.05) is 12.1 Å². The summed E-state index contributed by atoms with van der Waals surface area (Å²) in [6.07, 6.45) is 3.16. The third-order valence-corrected chi connectivity index (χ3v) is 3.76. The summed E-state index contributed by atoms with van der Waals surface area (Å²) in [5.41, 5.74) is 0.634. The quantitative estimate of drug-likeness (QED) is 0.852. The summed E-state index contributed by atoms with van der Waals surface area (Å²) in [5, 5.41) is 3.24. The number of carbonyl (C=O) groups is 1. The van der Waals surface area contributed by atoms with Gasteiger partial charge in [-0.05, 0) is 43.4 Å². The van der Waals surface area contributed by atoms with E-state index in [1.165, 1.54) is 0 Å². The Balaban J connectivity index is 1.87. The van der Waals surface area contributed by atoms with Gasteiger partial charge < -0.3 is 10.1 Å². The smallest absolute Gasteiger partial charge is 0.251 e. The second-order valence-corrected chi connectivity index (χ2v) is 5.34. The fraction of sp³-hybridized carbons (Fsp3) is 0.500. The van der Waals surface area contributed by atoms with Crippen LogP contribution in [-0.4, -0.2) is 24.9 Å². The SMILES string of the molecule is COc1cccc(C(=O)NCC2CCC(Cl)C2)c1. The van der Waals surface area contributed by atoms with Gasteiger partial charge in [-0.15, -0.1) is 11.6 Å². The highest BCUT2D eigenvalue weighted by atomic mass is 35.5. The fourth-order valence-electron chi connectivity index (χ4n) is 2.30. The number of nitrogens with one attached hydrogen (secondary N) is 1. The number of methoxy groups -OCH3 is 1. The molecule has 1 N–H and O–H groups in total. The van der Waals surface area contributed by atoms with Crippen molar-refractivity contribution >= 4 is 17.5 Å². The van der Waals surface area contributed by atoms with E-state index in [-0.39, 0.29) is 11.3 Å². The zero-order valence-corrected chi connectivity index (χ0v) is 11.2. The van der Waals surface area contributed by atoms with E-state index >= 15 is 0 Å². The van der Waals surface area contributed by atoms with Gasteiger partial charge in [-0.3, -0.25) is 4.79 Å². The van der Waals surface area contributed by atoms with Crippen LogP contribution < -0.4 is 10.1 Å². The monoisotopic (exact) mass is 267 g/mol. The minimum absolute atomic E-state index is 0.0491. The maximum atomic E-state index is 12.0. The molecule has 3 nitrogen and oxygen atoms in total. The van der Waals surface area contributed by atoms with Crippen LogP contribution >= 0.6 is 11.6 Å². The van der Waals surface area contributed by atoms with Gasteiger partial charge >= 0.3 is 0 Å². The van der Waals surface area contributed by atoms with Crippen LogP contribution in [0.3, 0.4) is 0 Å². The molecule has 1 fully saturated rings. The van der Waals surface area contributed by atoms with Crippen molar-refractivity contribution in [2.45, 2.75) is 24.6 Å². The molecular formula is C14H18ClNO2. The molecule has 1 aromatic carbocycles. The number of amides is 1. The highest BCUT2D eigenvalue weighted by Crippen LogP contribution is 2.28. The molecule has 1 aliphatic carbocycles. The fourth-order valence-corrected chi connectivity index (χ4v) is 2.68. The minimum atomic E-state index is -0.0491.